The van der Waals surface area contributed by atoms with Crippen LogP contribution >= 0.6 is 0 Å². The predicted octanol–water partition coefficient (Wildman–Crippen LogP) is 2.75. The summed E-state index contributed by atoms with van der Waals surface area (Å²) in [6, 6.07) is -1.08. The summed E-state index contributed by atoms with van der Waals surface area (Å²) in [6.45, 7) is 5.90. The number of carboxylic acids is 1. The molecule has 0 aromatic rings. The second-order valence-corrected chi connectivity index (χ2v) is 6.32. The number of hydrogen-bond donors (Lipinski definition) is 3. The Hall–Kier alpha value is -1.26. The summed E-state index contributed by atoms with van der Waals surface area (Å²) in [4.78, 5) is 23.0. The summed E-state index contributed by atoms with van der Waals surface area (Å²) in [5.74, 6) is -0.228. The van der Waals surface area contributed by atoms with Crippen LogP contribution in [-0.2, 0) is 4.79 Å². The molecule has 1 fully saturated rings. The topological polar surface area (TPSA) is 78.4 Å². The number of urea groups is 1. The summed E-state index contributed by atoms with van der Waals surface area (Å²) in [6.07, 6.45) is 6.48. The van der Waals surface area contributed by atoms with Crippen molar-refractivity contribution in [2.75, 3.05) is 0 Å². The van der Waals surface area contributed by atoms with Gasteiger partial charge in [-0.15, -0.1) is 0 Å². The molecule has 0 aromatic heterocycles. The van der Waals surface area contributed by atoms with Crippen LogP contribution in [0.15, 0.2) is 0 Å². The van der Waals surface area contributed by atoms with E-state index in [1.807, 2.05) is 20.8 Å². The van der Waals surface area contributed by atoms with Crippen molar-refractivity contribution in [1.82, 2.24) is 10.6 Å². The molecular formula is C15H28N2O3. The highest BCUT2D eigenvalue weighted by Gasteiger charge is 2.24. The zero-order valence-corrected chi connectivity index (χ0v) is 12.8. The minimum atomic E-state index is -0.973. The summed E-state index contributed by atoms with van der Waals surface area (Å²) in [7, 11) is 0. The zero-order valence-electron chi connectivity index (χ0n) is 12.8. The van der Waals surface area contributed by atoms with Gasteiger partial charge >= 0.3 is 12.0 Å². The Labute approximate surface area is 121 Å². The molecule has 20 heavy (non-hydrogen) atoms. The zero-order chi connectivity index (χ0) is 15.1. The molecule has 5 heteroatoms. The lowest BCUT2D eigenvalue weighted by Gasteiger charge is -2.28. The monoisotopic (exact) mass is 284 g/mol. The van der Waals surface area contributed by atoms with Gasteiger partial charge in [-0.2, -0.15) is 0 Å². The van der Waals surface area contributed by atoms with Crippen molar-refractivity contribution in [3.63, 3.8) is 0 Å². The van der Waals surface area contributed by atoms with Gasteiger partial charge in [0.25, 0.3) is 0 Å². The van der Waals surface area contributed by atoms with Crippen molar-refractivity contribution in [3.05, 3.63) is 0 Å². The maximum atomic E-state index is 11.9. The maximum absolute atomic E-state index is 11.9. The van der Waals surface area contributed by atoms with E-state index >= 15 is 0 Å². The van der Waals surface area contributed by atoms with Crippen LogP contribution in [-0.4, -0.2) is 29.2 Å². The Balaban J connectivity index is 2.41. The fourth-order valence-corrected chi connectivity index (χ4v) is 2.85. The van der Waals surface area contributed by atoms with E-state index in [9.17, 15) is 9.59 Å². The van der Waals surface area contributed by atoms with Crippen LogP contribution in [0.3, 0.4) is 0 Å². The minimum absolute atomic E-state index is 0.101. The van der Waals surface area contributed by atoms with E-state index < -0.39 is 12.0 Å². The van der Waals surface area contributed by atoms with Crippen LogP contribution in [0.1, 0.15) is 59.3 Å². The molecule has 5 nitrogen and oxygen atoms in total. The van der Waals surface area contributed by atoms with E-state index in [0.717, 1.165) is 12.8 Å². The van der Waals surface area contributed by atoms with Gasteiger partial charge in [0, 0.05) is 6.04 Å². The molecule has 2 atom stereocenters. The van der Waals surface area contributed by atoms with Crippen molar-refractivity contribution in [2.24, 2.45) is 11.8 Å². The molecule has 0 aliphatic heterocycles. The summed E-state index contributed by atoms with van der Waals surface area (Å²) >= 11 is 0. The van der Waals surface area contributed by atoms with Gasteiger partial charge in [-0.05, 0) is 38.0 Å². The van der Waals surface area contributed by atoms with Crippen LogP contribution in [0.4, 0.5) is 4.79 Å². The lowest BCUT2D eigenvalue weighted by molar-refractivity contribution is -0.139. The van der Waals surface area contributed by atoms with E-state index in [1.54, 1.807) is 0 Å². The minimum Gasteiger partial charge on any atom is -0.480 e. The van der Waals surface area contributed by atoms with Gasteiger partial charge in [0.1, 0.15) is 6.04 Å². The maximum Gasteiger partial charge on any atom is 0.326 e. The first-order valence-electron chi connectivity index (χ1n) is 7.70. The van der Waals surface area contributed by atoms with Gasteiger partial charge in [0.2, 0.25) is 0 Å². The van der Waals surface area contributed by atoms with Crippen LogP contribution in [0.2, 0.25) is 0 Å². The van der Waals surface area contributed by atoms with Crippen molar-refractivity contribution in [2.45, 2.75) is 71.4 Å². The summed E-state index contributed by atoms with van der Waals surface area (Å²) in [5, 5.41) is 14.6. The molecule has 0 aromatic carbocycles. The van der Waals surface area contributed by atoms with Crippen LogP contribution < -0.4 is 10.6 Å². The number of nitrogens with one attached hydrogen (secondary N) is 2. The molecule has 0 heterocycles. The third-order valence-corrected chi connectivity index (χ3v) is 4.03. The molecule has 2 amide bonds. The smallest absolute Gasteiger partial charge is 0.326 e. The highest BCUT2D eigenvalue weighted by molar-refractivity contribution is 5.82. The van der Waals surface area contributed by atoms with Crippen LogP contribution in [0, 0.1) is 11.8 Å². The lowest BCUT2D eigenvalue weighted by Crippen LogP contribution is -2.50. The number of rotatable bonds is 6. The normalized spacial score (nSPS) is 19.4. The van der Waals surface area contributed by atoms with Gasteiger partial charge in [0.05, 0.1) is 0 Å². The molecular weight excluding hydrogens is 256 g/mol. The largest absolute Gasteiger partial charge is 0.480 e. The highest BCUT2D eigenvalue weighted by atomic mass is 16.4. The molecule has 0 radical (unpaired) electrons. The standard InChI is InChI=1S/C15H28N2O3/c1-10(2)9-13(14(18)19)17-15(20)16-11(3)12-7-5-4-6-8-12/h10-13H,4-9H2,1-3H3,(H,18,19)(H2,16,17,20). The Morgan fingerprint density at radius 1 is 1.10 bits per heavy atom. The Kier molecular flexibility index (Phi) is 6.82. The van der Waals surface area contributed by atoms with Gasteiger partial charge in [-0.1, -0.05) is 33.1 Å². The second-order valence-electron chi connectivity index (χ2n) is 6.32. The highest BCUT2D eigenvalue weighted by Crippen LogP contribution is 2.26. The third kappa shape index (κ3) is 5.80. The van der Waals surface area contributed by atoms with Crippen LogP contribution in [0.25, 0.3) is 0 Å². The summed E-state index contributed by atoms with van der Waals surface area (Å²) < 4.78 is 0. The molecule has 0 bridgehead atoms. The van der Waals surface area contributed by atoms with Crippen molar-refractivity contribution in [3.8, 4) is 0 Å². The molecule has 0 saturated heterocycles. The third-order valence-electron chi connectivity index (χ3n) is 4.03. The summed E-state index contributed by atoms with van der Waals surface area (Å²) in [5.41, 5.74) is 0. The average molecular weight is 284 g/mol. The average Bonchev–Trinajstić information content (AvgIpc) is 2.38. The quantitative estimate of drug-likeness (QED) is 0.701. The molecule has 1 rings (SSSR count). The van der Waals surface area contributed by atoms with E-state index in [2.05, 4.69) is 10.6 Å². The van der Waals surface area contributed by atoms with Gasteiger partial charge in [-0.3, -0.25) is 0 Å². The number of amides is 2. The lowest BCUT2D eigenvalue weighted by atomic mass is 9.84. The van der Waals surface area contributed by atoms with Gasteiger partial charge in [0.15, 0.2) is 0 Å². The first-order chi connectivity index (χ1) is 9.40. The molecule has 1 aliphatic carbocycles. The fraction of sp³-hybridized carbons (Fsp3) is 0.867. The van der Waals surface area contributed by atoms with E-state index in [4.69, 9.17) is 5.11 Å². The Morgan fingerprint density at radius 3 is 2.20 bits per heavy atom. The predicted molar refractivity (Wildman–Crippen MR) is 78.6 cm³/mol. The SMILES string of the molecule is CC(C)CC(NC(=O)NC(C)C1CCCCC1)C(=O)O. The second kappa shape index (κ2) is 8.12. The first-order valence-corrected chi connectivity index (χ1v) is 7.70. The van der Waals surface area contributed by atoms with E-state index in [0.29, 0.717) is 12.3 Å². The first kappa shape index (κ1) is 16.8. The number of hydrogen-bond acceptors (Lipinski definition) is 2. The number of carbonyl (C=O) groups excluding carboxylic acids is 1. The van der Waals surface area contributed by atoms with Crippen molar-refractivity contribution >= 4 is 12.0 Å². The van der Waals surface area contributed by atoms with E-state index in [1.165, 1.54) is 19.3 Å². The van der Waals surface area contributed by atoms with Gasteiger partial charge < -0.3 is 15.7 Å². The van der Waals surface area contributed by atoms with Gasteiger partial charge in [-0.25, -0.2) is 9.59 Å². The number of aliphatic carboxylic acids is 1. The van der Waals surface area contributed by atoms with E-state index in [-0.39, 0.29) is 18.0 Å². The Bertz CT molecular complexity index is 325. The molecule has 2 unspecified atom stereocenters. The molecule has 3 N–H and O–H groups in total. The van der Waals surface area contributed by atoms with Crippen LogP contribution in [0.5, 0.6) is 0 Å². The molecule has 0 spiro atoms. The molecule has 1 saturated carbocycles. The Morgan fingerprint density at radius 2 is 1.70 bits per heavy atom. The van der Waals surface area contributed by atoms with Crippen molar-refractivity contribution in [1.29, 1.82) is 0 Å². The number of carboxylic acid groups (broad SMARTS) is 1. The fourth-order valence-electron chi connectivity index (χ4n) is 2.85. The van der Waals surface area contributed by atoms with Crippen molar-refractivity contribution < 1.29 is 14.7 Å². The molecule has 116 valence electrons. The molecule has 1 aliphatic rings. The number of carbonyl (C=O) groups is 2.